The summed E-state index contributed by atoms with van der Waals surface area (Å²) in [6.07, 6.45) is -3.93. The van der Waals surface area contributed by atoms with Crippen LogP contribution in [0.4, 0.5) is 13.2 Å². The molecule has 0 heterocycles. The maximum atomic E-state index is 12.9. The summed E-state index contributed by atoms with van der Waals surface area (Å²) in [5.41, 5.74) is 0.174. The molecule has 0 saturated heterocycles. The van der Waals surface area contributed by atoms with E-state index < -0.39 is 34.1 Å². The molecule has 1 aliphatic rings. The minimum atomic E-state index is -4.33. The third kappa shape index (κ3) is 5.20. The van der Waals surface area contributed by atoms with E-state index >= 15 is 0 Å². The molecule has 146 valence electrons. The van der Waals surface area contributed by atoms with Gasteiger partial charge in [0.15, 0.2) is 0 Å². The number of esters is 1. The Balaban J connectivity index is 2.16. The van der Waals surface area contributed by atoms with Crippen LogP contribution < -0.4 is 4.72 Å². The number of hydrogen-bond acceptors (Lipinski definition) is 4. The van der Waals surface area contributed by atoms with Crippen LogP contribution in [0.5, 0.6) is 0 Å². The lowest BCUT2D eigenvalue weighted by molar-refractivity contribution is -0.183. The van der Waals surface area contributed by atoms with E-state index in [9.17, 15) is 26.4 Å². The van der Waals surface area contributed by atoms with Gasteiger partial charge in [0.1, 0.15) is 0 Å². The Morgan fingerprint density at radius 2 is 2.04 bits per heavy atom. The molecule has 0 radical (unpaired) electrons. The number of carbonyl (C=O) groups is 1. The summed E-state index contributed by atoms with van der Waals surface area (Å²) in [5.74, 6) is -2.09. The predicted octanol–water partition coefficient (Wildman–Crippen LogP) is 4.03. The standard InChI is InChI=1S/C16H19BrF3NO4S/c1-2-25-15(22)10-6-7-14(13(17)8-10)26(23,24)21-12-5-3-4-11(9-12)16(18,19)20/h6-8,11-12,21H,2-5,9H2,1H3/t11-,12+/m0/s1. The van der Waals surface area contributed by atoms with E-state index in [1.807, 2.05) is 0 Å². The second kappa shape index (κ2) is 8.26. The average molecular weight is 458 g/mol. The highest BCUT2D eigenvalue weighted by atomic mass is 79.9. The highest BCUT2D eigenvalue weighted by Gasteiger charge is 2.43. The molecule has 1 aromatic carbocycles. The first-order valence-corrected chi connectivity index (χ1v) is 10.4. The molecule has 0 spiro atoms. The second-order valence-electron chi connectivity index (χ2n) is 6.09. The van der Waals surface area contributed by atoms with Crippen LogP contribution in [0.3, 0.4) is 0 Å². The van der Waals surface area contributed by atoms with Crippen molar-refractivity contribution in [2.24, 2.45) is 5.92 Å². The highest BCUT2D eigenvalue weighted by Crippen LogP contribution is 2.38. The quantitative estimate of drug-likeness (QED) is 0.677. The lowest BCUT2D eigenvalue weighted by atomic mass is 9.86. The van der Waals surface area contributed by atoms with Crippen LogP contribution in [0.25, 0.3) is 0 Å². The normalized spacial score (nSPS) is 21.4. The zero-order chi connectivity index (χ0) is 19.5. The van der Waals surface area contributed by atoms with Crippen molar-refractivity contribution in [3.05, 3.63) is 28.2 Å². The molecule has 2 atom stereocenters. The fourth-order valence-corrected chi connectivity index (χ4v) is 5.30. The van der Waals surface area contributed by atoms with Gasteiger partial charge in [0.2, 0.25) is 10.0 Å². The van der Waals surface area contributed by atoms with Crippen LogP contribution in [0.15, 0.2) is 27.6 Å². The zero-order valence-corrected chi connectivity index (χ0v) is 16.4. The van der Waals surface area contributed by atoms with E-state index in [4.69, 9.17) is 4.74 Å². The van der Waals surface area contributed by atoms with Crippen molar-refractivity contribution in [1.29, 1.82) is 0 Å². The third-order valence-electron chi connectivity index (χ3n) is 4.19. The maximum absolute atomic E-state index is 12.9. The van der Waals surface area contributed by atoms with E-state index in [2.05, 4.69) is 20.7 Å². The number of nitrogens with one attached hydrogen (secondary N) is 1. The highest BCUT2D eigenvalue weighted by molar-refractivity contribution is 9.10. The Morgan fingerprint density at radius 1 is 1.35 bits per heavy atom. The maximum Gasteiger partial charge on any atom is 0.391 e. The van der Waals surface area contributed by atoms with E-state index in [1.54, 1.807) is 6.92 Å². The molecule has 10 heteroatoms. The van der Waals surface area contributed by atoms with Gasteiger partial charge in [-0.3, -0.25) is 0 Å². The number of benzene rings is 1. The molecule has 26 heavy (non-hydrogen) atoms. The molecule has 1 N–H and O–H groups in total. The molecular weight excluding hydrogens is 439 g/mol. The van der Waals surface area contributed by atoms with Gasteiger partial charge in [0, 0.05) is 10.5 Å². The molecule has 0 bridgehead atoms. The average Bonchev–Trinajstić information content (AvgIpc) is 2.53. The van der Waals surface area contributed by atoms with E-state index in [-0.39, 0.29) is 34.4 Å². The fourth-order valence-electron chi connectivity index (χ4n) is 2.94. The van der Waals surface area contributed by atoms with Gasteiger partial charge in [-0.05, 0) is 60.3 Å². The summed E-state index contributed by atoms with van der Waals surface area (Å²) in [6, 6.07) is 3.06. The minimum absolute atomic E-state index is 0.0136. The Morgan fingerprint density at radius 3 is 2.62 bits per heavy atom. The van der Waals surface area contributed by atoms with E-state index in [0.717, 1.165) is 0 Å². The summed E-state index contributed by atoms with van der Waals surface area (Å²) >= 11 is 3.10. The smallest absolute Gasteiger partial charge is 0.391 e. The summed E-state index contributed by atoms with van der Waals surface area (Å²) in [4.78, 5) is 11.6. The summed E-state index contributed by atoms with van der Waals surface area (Å²) in [7, 11) is -4.03. The zero-order valence-electron chi connectivity index (χ0n) is 14.0. The molecule has 5 nitrogen and oxygen atoms in total. The Labute approximate surface area is 158 Å². The van der Waals surface area contributed by atoms with Crippen molar-refractivity contribution >= 4 is 31.9 Å². The molecule has 1 aromatic rings. The van der Waals surface area contributed by atoms with Crippen molar-refractivity contribution in [3.63, 3.8) is 0 Å². The summed E-state index contributed by atoms with van der Waals surface area (Å²) in [5, 5.41) is 0. The van der Waals surface area contributed by atoms with Crippen molar-refractivity contribution in [1.82, 2.24) is 4.72 Å². The number of halogens is 4. The topological polar surface area (TPSA) is 72.5 Å². The molecule has 0 aromatic heterocycles. The molecule has 1 fully saturated rings. The van der Waals surface area contributed by atoms with Gasteiger partial charge < -0.3 is 4.74 Å². The van der Waals surface area contributed by atoms with Gasteiger partial charge in [-0.2, -0.15) is 13.2 Å². The number of alkyl halides is 3. The van der Waals surface area contributed by atoms with Crippen molar-refractivity contribution < 1.29 is 31.1 Å². The number of ether oxygens (including phenoxy) is 1. The van der Waals surface area contributed by atoms with E-state index in [1.165, 1.54) is 18.2 Å². The van der Waals surface area contributed by atoms with Gasteiger partial charge in [0.25, 0.3) is 0 Å². The molecule has 1 aliphatic carbocycles. The SMILES string of the molecule is CCOC(=O)c1ccc(S(=O)(=O)N[C@@H]2CCC[C@H](C(F)(F)F)C2)c(Br)c1. The fraction of sp³-hybridized carbons (Fsp3) is 0.562. The second-order valence-corrected chi connectivity index (χ2v) is 8.63. The molecule has 0 aliphatic heterocycles. The van der Waals surface area contributed by atoms with Gasteiger partial charge in [-0.25, -0.2) is 17.9 Å². The van der Waals surface area contributed by atoms with Crippen LogP contribution >= 0.6 is 15.9 Å². The number of rotatable bonds is 5. The minimum Gasteiger partial charge on any atom is -0.462 e. The van der Waals surface area contributed by atoms with Gasteiger partial charge in [-0.15, -0.1) is 0 Å². The first kappa shape index (κ1) is 21.2. The van der Waals surface area contributed by atoms with Crippen molar-refractivity contribution in [2.75, 3.05) is 6.61 Å². The monoisotopic (exact) mass is 457 g/mol. The van der Waals surface area contributed by atoms with Crippen LogP contribution in [0.1, 0.15) is 43.0 Å². The number of carbonyl (C=O) groups excluding carboxylic acids is 1. The van der Waals surface area contributed by atoms with Crippen LogP contribution in [0.2, 0.25) is 0 Å². The number of sulfonamides is 1. The predicted molar refractivity (Wildman–Crippen MR) is 92.2 cm³/mol. The van der Waals surface area contributed by atoms with Crippen LogP contribution in [-0.2, 0) is 14.8 Å². The van der Waals surface area contributed by atoms with Crippen LogP contribution in [-0.4, -0.2) is 33.2 Å². The third-order valence-corrected chi connectivity index (χ3v) is 6.69. The Bertz CT molecular complexity index is 767. The molecule has 0 amide bonds. The van der Waals surface area contributed by atoms with Gasteiger partial charge in [-0.1, -0.05) is 6.42 Å². The first-order valence-electron chi connectivity index (χ1n) is 8.10. The molecule has 1 saturated carbocycles. The molecule has 0 unspecified atom stereocenters. The largest absolute Gasteiger partial charge is 0.462 e. The summed E-state index contributed by atoms with van der Waals surface area (Å²) in [6.45, 7) is 1.83. The van der Waals surface area contributed by atoms with Crippen molar-refractivity contribution in [2.45, 2.75) is 49.7 Å². The number of hydrogen-bond donors (Lipinski definition) is 1. The van der Waals surface area contributed by atoms with Gasteiger partial charge >= 0.3 is 12.1 Å². The Kier molecular flexibility index (Phi) is 6.73. The van der Waals surface area contributed by atoms with Gasteiger partial charge in [0.05, 0.1) is 23.0 Å². The van der Waals surface area contributed by atoms with Crippen LogP contribution in [0, 0.1) is 5.92 Å². The first-order chi connectivity index (χ1) is 12.0. The van der Waals surface area contributed by atoms with Crippen molar-refractivity contribution in [3.8, 4) is 0 Å². The summed E-state index contributed by atoms with van der Waals surface area (Å²) < 4.78 is 71.1. The molecule has 2 rings (SSSR count). The lowest BCUT2D eigenvalue weighted by Gasteiger charge is -2.30. The Hall–Kier alpha value is -1.13. The lowest BCUT2D eigenvalue weighted by Crippen LogP contribution is -2.41. The molecular formula is C16H19BrF3NO4S. The van der Waals surface area contributed by atoms with E-state index in [0.29, 0.717) is 12.8 Å².